The number of alkyl carbamates (subject to hydrolysis) is 1. The minimum absolute atomic E-state index is 0.0185. The van der Waals surface area contributed by atoms with E-state index in [1.807, 2.05) is 31.3 Å². The van der Waals surface area contributed by atoms with Gasteiger partial charge in [0.2, 0.25) is 0 Å². The van der Waals surface area contributed by atoms with Crippen molar-refractivity contribution < 1.29 is 19.4 Å². The summed E-state index contributed by atoms with van der Waals surface area (Å²) in [6.45, 7) is 3.01. The van der Waals surface area contributed by atoms with Crippen molar-refractivity contribution in [2.75, 3.05) is 20.2 Å². The van der Waals surface area contributed by atoms with E-state index in [1.165, 1.54) is 11.1 Å². The standard InChI is InChI=1S/C24H28N2O4/c1-16-13-24(14-22(27)28,11-12-26(16)2)25-23(29)30-15-21-19-9-5-3-7-17(19)18-8-4-6-10-20(18)21/h3-10,16,21H,11-15H2,1-2H3,(H,25,29)(H,27,28). The molecule has 0 radical (unpaired) electrons. The van der Waals surface area contributed by atoms with Crippen molar-refractivity contribution in [2.24, 2.45) is 0 Å². The number of benzene rings is 2. The van der Waals surface area contributed by atoms with Crippen LogP contribution in [0, 0.1) is 0 Å². The summed E-state index contributed by atoms with van der Waals surface area (Å²) in [5.74, 6) is -0.930. The number of amides is 1. The van der Waals surface area contributed by atoms with Crippen LogP contribution in [0.4, 0.5) is 4.79 Å². The van der Waals surface area contributed by atoms with Crippen LogP contribution in [-0.2, 0) is 9.53 Å². The van der Waals surface area contributed by atoms with Gasteiger partial charge in [0.1, 0.15) is 6.61 Å². The third-order valence-corrected chi connectivity index (χ3v) is 6.58. The van der Waals surface area contributed by atoms with E-state index < -0.39 is 17.6 Å². The third-order valence-electron chi connectivity index (χ3n) is 6.58. The molecule has 2 atom stereocenters. The molecule has 2 aromatic rings. The molecule has 1 amide bonds. The molecule has 0 bridgehead atoms. The van der Waals surface area contributed by atoms with E-state index in [0.717, 1.165) is 17.7 Å². The molecule has 0 aromatic heterocycles. The first kappa shape index (κ1) is 20.4. The number of piperidine rings is 1. The maximum absolute atomic E-state index is 12.7. The predicted molar refractivity (Wildman–Crippen MR) is 115 cm³/mol. The maximum atomic E-state index is 12.7. The molecule has 1 aliphatic heterocycles. The van der Waals surface area contributed by atoms with Gasteiger partial charge >= 0.3 is 12.1 Å². The molecule has 4 rings (SSSR count). The molecule has 6 nitrogen and oxygen atoms in total. The Morgan fingerprint density at radius 3 is 2.30 bits per heavy atom. The number of carboxylic acid groups (broad SMARTS) is 1. The number of hydrogen-bond donors (Lipinski definition) is 2. The minimum atomic E-state index is -0.911. The van der Waals surface area contributed by atoms with Gasteiger partial charge in [-0.15, -0.1) is 0 Å². The molecule has 158 valence electrons. The molecule has 6 heteroatoms. The summed E-state index contributed by atoms with van der Waals surface area (Å²) < 4.78 is 5.65. The van der Waals surface area contributed by atoms with Crippen molar-refractivity contribution in [1.82, 2.24) is 10.2 Å². The Labute approximate surface area is 176 Å². The second kappa shape index (κ2) is 8.11. The molecule has 2 unspecified atom stereocenters. The number of aliphatic carboxylic acids is 1. The van der Waals surface area contributed by atoms with Gasteiger partial charge in [-0.2, -0.15) is 0 Å². The average Bonchev–Trinajstić information content (AvgIpc) is 3.03. The van der Waals surface area contributed by atoms with Crippen LogP contribution in [0.15, 0.2) is 48.5 Å². The van der Waals surface area contributed by atoms with Crippen molar-refractivity contribution in [3.05, 3.63) is 59.7 Å². The zero-order valence-electron chi connectivity index (χ0n) is 17.4. The highest BCUT2D eigenvalue weighted by Gasteiger charge is 2.41. The smallest absolute Gasteiger partial charge is 0.407 e. The largest absolute Gasteiger partial charge is 0.481 e. The van der Waals surface area contributed by atoms with Crippen LogP contribution in [0.3, 0.4) is 0 Å². The number of likely N-dealkylation sites (tertiary alicyclic amines) is 1. The van der Waals surface area contributed by atoms with Gasteiger partial charge in [0.05, 0.1) is 12.0 Å². The number of nitrogens with one attached hydrogen (secondary N) is 1. The molecule has 2 N–H and O–H groups in total. The highest BCUT2D eigenvalue weighted by Crippen LogP contribution is 2.44. The fourth-order valence-corrected chi connectivity index (χ4v) is 4.89. The lowest BCUT2D eigenvalue weighted by atomic mass is 9.81. The zero-order valence-corrected chi connectivity index (χ0v) is 17.4. The summed E-state index contributed by atoms with van der Waals surface area (Å²) in [4.78, 5) is 26.4. The summed E-state index contributed by atoms with van der Waals surface area (Å²) >= 11 is 0. The molecule has 1 saturated heterocycles. The van der Waals surface area contributed by atoms with Gasteiger partial charge in [0.25, 0.3) is 0 Å². The number of carbonyl (C=O) groups excluding carboxylic acids is 1. The van der Waals surface area contributed by atoms with E-state index in [-0.39, 0.29) is 25.0 Å². The second-order valence-electron chi connectivity index (χ2n) is 8.59. The summed E-state index contributed by atoms with van der Waals surface area (Å²) in [5.41, 5.74) is 3.88. The Morgan fingerprint density at radius 2 is 1.73 bits per heavy atom. The van der Waals surface area contributed by atoms with Crippen molar-refractivity contribution in [2.45, 2.75) is 43.7 Å². The van der Waals surface area contributed by atoms with E-state index in [9.17, 15) is 14.7 Å². The lowest BCUT2D eigenvalue weighted by molar-refractivity contribution is -0.139. The Bertz CT molecular complexity index is 914. The number of nitrogens with zero attached hydrogens (tertiary/aromatic N) is 1. The van der Waals surface area contributed by atoms with Crippen LogP contribution < -0.4 is 5.32 Å². The predicted octanol–water partition coefficient (Wildman–Crippen LogP) is 3.85. The Morgan fingerprint density at radius 1 is 1.13 bits per heavy atom. The number of carboxylic acids is 1. The molecular formula is C24H28N2O4. The van der Waals surface area contributed by atoms with Crippen LogP contribution in [0.2, 0.25) is 0 Å². The monoisotopic (exact) mass is 408 g/mol. The number of carbonyl (C=O) groups is 2. The Hall–Kier alpha value is -2.86. The second-order valence-corrected chi connectivity index (χ2v) is 8.59. The summed E-state index contributed by atoms with van der Waals surface area (Å²) in [6.07, 6.45) is 0.523. The molecule has 1 fully saturated rings. The lowest BCUT2D eigenvalue weighted by Gasteiger charge is -2.43. The SMILES string of the molecule is CC1CC(CC(=O)O)(NC(=O)OCC2c3ccccc3-c3ccccc32)CCN1C. The number of hydrogen-bond acceptors (Lipinski definition) is 4. The molecule has 2 aliphatic rings. The van der Waals surface area contributed by atoms with Crippen molar-refractivity contribution in [3.8, 4) is 11.1 Å². The molecule has 30 heavy (non-hydrogen) atoms. The first-order valence-electron chi connectivity index (χ1n) is 10.4. The third kappa shape index (κ3) is 3.92. The van der Waals surface area contributed by atoms with Gasteiger partial charge in [-0.05, 0) is 49.1 Å². The highest BCUT2D eigenvalue weighted by atomic mass is 16.5. The Kier molecular flexibility index (Phi) is 5.52. The maximum Gasteiger partial charge on any atom is 0.407 e. The summed E-state index contributed by atoms with van der Waals surface area (Å²) in [5, 5.41) is 12.3. The van der Waals surface area contributed by atoms with Gasteiger partial charge in [-0.3, -0.25) is 4.79 Å². The molecule has 1 aliphatic carbocycles. The highest BCUT2D eigenvalue weighted by molar-refractivity contribution is 5.79. The first-order valence-corrected chi connectivity index (χ1v) is 10.4. The molecule has 0 saturated carbocycles. The van der Waals surface area contributed by atoms with E-state index in [0.29, 0.717) is 12.8 Å². The fourth-order valence-electron chi connectivity index (χ4n) is 4.89. The first-order chi connectivity index (χ1) is 14.4. The number of rotatable bonds is 5. The fraction of sp³-hybridized carbons (Fsp3) is 0.417. The molecule has 2 aromatic carbocycles. The van der Waals surface area contributed by atoms with Crippen molar-refractivity contribution >= 4 is 12.1 Å². The van der Waals surface area contributed by atoms with E-state index in [1.54, 1.807) is 0 Å². The van der Waals surface area contributed by atoms with Gasteiger partial charge in [-0.25, -0.2) is 4.79 Å². The Balaban J connectivity index is 1.47. The van der Waals surface area contributed by atoms with Crippen LogP contribution in [0.5, 0.6) is 0 Å². The van der Waals surface area contributed by atoms with Crippen LogP contribution >= 0.6 is 0 Å². The minimum Gasteiger partial charge on any atom is -0.481 e. The van der Waals surface area contributed by atoms with Gasteiger partial charge in [0.15, 0.2) is 0 Å². The average molecular weight is 408 g/mol. The van der Waals surface area contributed by atoms with Gasteiger partial charge < -0.3 is 20.1 Å². The lowest BCUT2D eigenvalue weighted by Crippen LogP contribution is -2.58. The van der Waals surface area contributed by atoms with Gasteiger partial charge in [-0.1, -0.05) is 48.5 Å². The van der Waals surface area contributed by atoms with E-state index in [4.69, 9.17) is 4.74 Å². The van der Waals surface area contributed by atoms with Crippen LogP contribution in [0.1, 0.15) is 43.2 Å². The zero-order chi connectivity index (χ0) is 21.3. The number of ether oxygens (including phenoxy) is 1. The quantitative estimate of drug-likeness (QED) is 0.786. The topological polar surface area (TPSA) is 78.9 Å². The van der Waals surface area contributed by atoms with Crippen molar-refractivity contribution in [3.63, 3.8) is 0 Å². The van der Waals surface area contributed by atoms with E-state index >= 15 is 0 Å². The van der Waals surface area contributed by atoms with Gasteiger partial charge in [0, 0.05) is 18.5 Å². The van der Waals surface area contributed by atoms with E-state index in [2.05, 4.69) is 41.4 Å². The normalized spacial score (nSPS) is 23.5. The molecular weight excluding hydrogens is 380 g/mol. The summed E-state index contributed by atoms with van der Waals surface area (Å²) in [7, 11) is 2.02. The number of fused-ring (bicyclic) bond motifs is 3. The van der Waals surface area contributed by atoms with Crippen molar-refractivity contribution in [1.29, 1.82) is 0 Å². The molecule has 1 heterocycles. The van der Waals surface area contributed by atoms with Crippen LogP contribution in [0.25, 0.3) is 11.1 Å². The van der Waals surface area contributed by atoms with Crippen LogP contribution in [-0.4, -0.2) is 53.8 Å². The molecule has 0 spiro atoms. The summed E-state index contributed by atoms with van der Waals surface area (Å²) in [6, 6.07) is 16.6.